The van der Waals surface area contributed by atoms with Gasteiger partial charge in [-0.15, -0.1) is 0 Å². The summed E-state index contributed by atoms with van der Waals surface area (Å²) in [6, 6.07) is 8.67. The summed E-state index contributed by atoms with van der Waals surface area (Å²) in [4.78, 5) is 55.5. The standard InChI is InChI=1S/C36H41FN10O3/c1-44(2)35(50)26-16-22-5-3-4-6-31(42-33(22)40-26)41-30-9-7-24(19-38-30)45-13-11-36(12-14-45)20-46(21-36)29-17-28-23(15-25(29)37)18-39-47(28)27-8-10-32(48)43-34(27)49/h5,7,9,15-19,27,31H,3-4,6,8,10-14,20-21H2,1-2H3,(H,38,41)(H,40,42)(H,43,48,49)/b22-5-. The Labute approximate surface area is 288 Å². The lowest BCUT2D eigenvalue weighted by atomic mass is 9.71. The number of H-pyrrole nitrogens is 1. The fraction of sp³-hybridized carbons (Fsp3) is 0.444. The summed E-state index contributed by atoms with van der Waals surface area (Å²) in [5.74, 6) is -0.272. The van der Waals surface area contributed by atoms with Crippen molar-refractivity contribution in [3.05, 3.63) is 64.9 Å². The second-order valence-corrected chi connectivity index (χ2v) is 14.3. The maximum absolute atomic E-state index is 15.3. The highest BCUT2D eigenvalue weighted by molar-refractivity contribution is 6.00. The second kappa shape index (κ2) is 12.6. The van der Waals surface area contributed by atoms with E-state index in [-0.39, 0.29) is 41.5 Å². The van der Waals surface area contributed by atoms with Crippen molar-refractivity contribution >= 4 is 51.9 Å². The third kappa shape index (κ3) is 5.96. The van der Waals surface area contributed by atoms with E-state index >= 15 is 4.39 Å². The van der Waals surface area contributed by atoms with Gasteiger partial charge in [0.1, 0.15) is 35.0 Å². The van der Waals surface area contributed by atoms with Crippen LogP contribution in [-0.4, -0.2) is 88.8 Å². The minimum Gasteiger partial charge on any atom is -0.370 e. The maximum atomic E-state index is 15.3. The number of halogens is 1. The van der Waals surface area contributed by atoms with Crippen LogP contribution in [0.25, 0.3) is 17.0 Å². The molecule has 1 spiro atoms. The molecule has 1 aromatic carbocycles. The first-order chi connectivity index (χ1) is 24.1. The normalized spacial score (nSPS) is 23.1. The topological polar surface area (TPSA) is 144 Å². The van der Waals surface area contributed by atoms with Gasteiger partial charge in [-0.3, -0.25) is 24.4 Å². The maximum Gasteiger partial charge on any atom is 0.269 e. The number of carbonyl (C=O) groups is 3. The number of benzene rings is 1. The molecule has 0 aliphatic carbocycles. The van der Waals surface area contributed by atoms with Crippen LogP contribution < -0.4 is 31.1 Å². The van der Waals surface area contributed by atoms with Crippen molar-refractivity contribution < 1.29 is 18.8 Å². The summed E-state index contributed by atoms with van der Waals surface area (Å²) in [6.07, 6.45) is 10.8. The number of aromatic nitrogens is 4. The van der Waals surface area contributed by atoms with E-state index in [4.69, 9.17) is 9.98 Å². The van der Waals surface area contributed by atoms with E-state index in [1.54, 1.807) is 35.9 Å². The number of anilines is 3. The molecule has 7 heterocycles. The van der Waals surface area contributed by atoms with E-state index in [1.165, 1.54) is 6.07 Å². The van der Waals surface area contributed by atoms with Crippen molar-refractivity contribution in [3.8, 4) is 0 Å². The molecular formula is C36H41FN10O3. The molecule has 4 aromatic rings. The molecule has 3 saturated heterocycles. The van der Waals surface area contributed by atoms with Crippen LogP contribution >= 0.6 is 0 Å². The second-order valence-electron chi connectivity index (χ2n) is 14.3. The summed E-state index contributed by atoms with van der Waals surface area (Å²) in [5.41, 5.74) is 3.66. The Morgan fingerprint density at radius 2 is 1.88 bits per heavy atom. The summed E-state index contributed by atoms with van der Waals surface area (Å²) in [6.45, 7) is 3.33. The van der Waals surface area contributed by atoms with E-state index in [2.05, 4.69) is 42.7 Å². The van der Waals surface area contributed by atoms with Gasteiger partial charge in [0.2, 0.25) is 5.91 Å². The van der Waals surface area contributed by atoms with Crippen LogP contribution in [-0.2, 0) is 9.59 Å². The smallest absolute Gasteiger partial charge is 0.269 e. The monoisotopic (exact) mass is 680 g/mol. The van der Waals surface area contributed by atoms with Crippen LogP contribution in [0, 0.1) is 11.2 Å². The van der Waals surface area contributed by atoms with Gasteiger partial charge >= 0.3 is 0 Å². The van der Waals surface area contributed by atoms with Crippen molar-refractivity contribution in [1.29, 1.82) is 0 Å². The zero-order valence-electron chi connectivity index (χ0n) is 28.3. The molecule has 3 amide bonds. The first-order valence-electron chi connectivity index (χ1n) is 17.4. The van der Waals surface area contributed by atoms with Crippen molar-refractivity contribution in [3.63, 3.8) is 0 Å². The minimum atomic E-state index is -0.590. The summed E-state index contributed by atoms with van der Waals surface area (Å²) in [5, 5.41) is 11.8. The molecular weight excluding hydrogens is 639 g/mol. The number of nitrogens with zero attached hydrogens (tertiary/aromatic N) is 7. The zero-order chi connectivity index (χ0) is 34.6. The van der Waals surface area contributed by atoms with Crippen LogP contribution in [0.15, 0.2) is 47.7 Å². The molecule has 8 rings (SSSR count). The molecule has 0 bridgehead atoms. The van der Waals surface area contributed by atoms with Gasteiger partial charge in [0.15, 0.2) is 0 Å². The van der Waals surface area contributed by atoms with Crippen molar-refractivity contribution in [2.45, 2.75) is 57.2 Å². The number of aromatic amines is 1. The van der Waals surface area contributed by atoms with E-state index in [0.717, 1.165) is 75.0 Å². The molecule has 14 heteroatoms. The number of imide groups is 1. The van der Waals surface area contributed by atoms with Crippen LogP contribution in [0.4, 0.5) is 21.6 Å². The number of hydrogen-bond acceptors (Lipinski definition) is 9. The summed E-state index contributed by atoms with van der Waals surface area (Å²) < 4.78 is 16.9. The molecule has 2 atom stereocenters. The molecule has 4 aliphatic heterocycles. The summed E-state index contributed by atoms with van der Waals surface area (Å²) >= 11 is 0. The molecule has 260 valence electrons. The van der Waals surface area contributed by atoms with E-state index < -0.39 is 6.04 Å². The number of fused-ring (bicyclic) bond motifs is 2. The average Bonchev–Trinajstić information content (AvgIpc) is 3.67. The van der Waals surface area contributed by atoms with Crippen LogP contribution in [0.5, 0.6) is 0 Å². The number of nitrogens with one attached hydrogen (secondary N) is 3. The third-order valence-electron chi connectivity index (χ3n) is 10.6. The predicted octanol–water partition coefficient (Wildman–Crippen LogP) is 2.71. The molecule has 13 nitrogen and oxygen atoms in total. The van der Waals surface area contributed by atoms with Crippen LogP contribution in [0.3, 0.4) is 0 Å². The molecule has 3 aromatic heterocycles. The first-order valence-corrected chi connectivity index (χ1v) is 17.4. The number of pyridine rings is 1. The average molecular weight is 681 g/mol. The number of hydrogen-bond donors (Lipinski definition) is 3. The van der Waals surface area contributed by atoms with E-state index in [1.807, 2.05) is 18.3 Å². The fourth-order valence-corrected chi connectivity index (χ4v) is 7.75. The Bertz CT molecular complexity index is 2090. The lowest BCUT2D eigenvalue weighted by Gasteiger charge is -2.55. The molecule has 3 fully saturated rings. The fourth-order valence-electron chi connectivity index (χ4n) is 7.75. The van der Waals surface area contributed by atoms with E-state index in [0.29, 0.717) is 34.2 Å². The van der Waals surface area contributed by atoms with Crippen molar-refractivity contribution in [2.75, 3.05) is 55.4 Å². The van der Waals surface area contributed by atoms with Crippen LogP contribution in [0.2, 0.25) is 0 Å². The SMILES string of the molecule is CN(C)C(=O)c1cc2/c([nH]1)=N\C(Nc1ccc(N3CCC4(CC3)CN(c3cc5c(cnn5C5CCC(=O)NC5=O)cc3F)C4)cn1)CCC\C=2. The number of carbonyl (C=O) groups excluding carboxylic acids is 3. The Hall–Kier alpha value is -5.27. The molecule has 3 N–H and O–H groups in total. The largest absolute Gasteiger partial charge is 0.370 e. The van der Waals surface area contributed by atoms with Crippen molar-refractivity contribution in [2.24, 2.45) is 10.4 Å². The Morgan fingerprint density at radius 1 is 1.06 bits per heavy atom. The highest BCUT2D eigenvalue weighted by Crippen LogP contribution is 2.44. The predicted molar refractivity (Wildman–Crippen MR) is 187 cm³/mol. The van der Waals surface area contributed by atoms with Gasteiger partial charge < -0.3 is 25.0 Å². The Balaban J connectivity index is 0.892. The number of rotatable bonds is 6. The lowest BCUT2D eigenvalue weighted by molar-refractivity contribution is -0.135. The van der Waals surface area contributed by atoms with Gasteiger partial charge in [-0.05, 0) is 68.9 Å². The van der Waals surface area contributed by atoms with Gasteiger partial charge in [-0.1, -0.05) is 6.08 Å². The van der Waals surface area contributed by atoms with Crippen molar-refractivity contribution in [1.82, 2.24) is 30.0 Å². The molecule has 4 aliphatic rings. The highest BCUT2D eigenvalue weighted by Gasteiger charge is 2.46. The van der Waals surface area contributed by atoms with Gasteiger partial charge in [0.05, 0.1) is 29.3 Å². The quantitative estimate of drug-likeness (QED) is 0.264. The van der Waals surface area contributed by atoms with Gasteiger partial charge in [-0.2, -0.15) is 5.10 Å². The Kier molecular flexibility index (Phi) is 8.03. The zero-order valence-corrected chi connectivity index (χ0v) is 28.3. The van der Waals surface area contributed by atoms with Gasteiger partial charge in [0, 0.05) is 62.7 Å². The molecule has 50 heavy (non-hydrogen) atoms. The number of amides is 3. The molecule has 2 unspecified atom stereocenters. The minimum absolute atomic E-state index is 0.0797. The number of piperidine rings is 2. The van der Waals surface area contributed by atoms with E-state index in [9.17, 15) is 14.4 Å². The lowest BCUT2D eigenvalue weighted by Crippen LogP contribution is -2.60. The Morgan fingerprint density at radius 3 is 2.62 bits per heavy atom. The highest BCUT2D eigenvalue weighted by atomic mass is 19.1. The van der Waals surface area contributed by atoms with Gasteiger partial charge in [0.25, 0.3) is 11.8 Å². The van der Waals surface area contributed by atoms with Crippen LogP contribution in [0.1, 0.15) is 61.5 Å². The first kappa shape index (κ1) is 32.0. The third-order valence-corrected chi connectivity index (χ3v) is 10.6. The van der Waals surface area contributed by atoms with Gasteiger partial charge in [-0.25, -0.2) is 14.4 Å². The molecule has 0 saturated carbocycles. The summed E-state index contributed by atoms with van der Waals surface area (Å²) in [7, 11) is 3.47. The molecule has 0 radical (unpaired) electrons.